The molecule has 0 fully saturated rings. The first-order chi connectivity index (χ1) is 11.5. The average Bonchev–Trinajstić information content (AvgIpc) is 2.98. The van der Waals surface area contributed by atoms with Gasteiger partial charge in [0.15, 0.2) is 0 Å². The van der Waals surface area contributed by atoms with Crippen molar-refractivity contribution in [1.82, 2.24) is 9.55 Å². The number of imidazole rings is 1. The monoisotopic (exact) mass is 328 g/mol. The third-order valence-corrected chi connectivity index (χ3v) is 3.79. The Morgan fingerprint density at radius 3 is 2.38 bits per heavy atom. The number of fused-ring (bicyclic) bond motifs is 3. The predicted octanol–water partition coefficient (Wildman–Crippen LogP) is 5.08. The minimum Gasteiger partial charge on any atom is -0.406 e. The number of hydrogen-bond acceptors (Lipinski definition) is 2. The van der Waals surface area contributed by atoms with Crippen LogP contribution in [0.25, 0.3) is 27.5 Å². The van der Waals surface area contributed by atoms with E-state index >= 15 is 0 Å². The molecule has 0 aliphatic rings. The Morgan fingerprint density at radius 2 is 1.62 bits per heavy atom. The van der Waals surface area contributed by atoms with Crippen LogP contribution in [0.1, 0.15) is 0 Å². The highest BCUT2D eigenvalue weighted by Gasteiger charge is 2.30. The SMILES string of the molecule is FC(F)(F)Oc1ccc(-n2cnc3c4ccccc4ccc32)cc1. The summed E-state index contributed by atoms with van der Waals surface area (Å²) in [5, 5.41) is 2.12. The van der Waals surface area contributed by atoms with E-state index in [1.165, 1.54) is 12.1 Å². The molecule has 0 saturated heterocycles. The molecule has 0 atom stereocenters. The summed E-state index contributed by atoms with van der Waals surface area (Å²) in [6.07, 6.45) is -3.03. The van der Waals surface area contributed by atoms with Gasteiger partial charge in [0.2, 0.25) is 0 Å². The minimum atomic E-state index is -4.69. The zero-order valence-electron chi connectivity index (χ0n) is 12.3. The van der Waals surface area contributed by atoms with E-state index in [0.717, 1.165) is 21.8 Å². The van der Waals surface area contributed by atoms with Gasteiger partial charge in [0.1, 0.15) is 12.1 Å². The highest BCUT2D eigenvalue weighted by molar-refractivity contribution is 6.04. The molecule has 120 valence electrons. The van der Waals surface area contributed by atoms with Crippen LogP contribution in [-0.4, -0.2) is 15.9 Å². The molecular weight excluding hydrogens is 317 g/mol. The van der Waals surface area contributed by atoms with Gasteiger partial charge in [-0.3, -0.25) is 4.57 Å². The van der Waals surface area contributed by atoms with E-state index < -0.39 is 6.36 Å². The van der Waals surface area contributed by atoms with Gasteiger partial charge in [0.25, 0.3) is 0 Å². The molecule has 0 unspecified atom stereocenters. The van der Waals surface area contributed by atoms with Crippen LogP contribution in [0.3, 0.4) is 0 Å². The summed E-state index contributed by atoms with van der Waals surface area (Å²) in [6.45, 7) is 0. The van der Waals surface area contributed by atoms with Gasteiger partial charge < -0.3 is 4.74 Å². The normalized spacial score (nSPS) is 12.0. The molecule has 1 heterocycles. The van der Waals surface area contributed by atoms with Crippen LogP contribution in [-0.2, 0) is 0 Å². The summed E-state index contributed by atoms with van der Waals surface area (Å²) in [7, 11) is 0. The molecule has 0 bridgehead atoms. The number of hydrogen-bond donors (Lipinski definition) is 0. The maximum Gasteiger partial charge on any atom is 0.573 e. The van der Waals surface area contributed by atoms with Crippen molar-refractivity contribution in [3.05, 3.63) is 67.0 Å². The highest BCUT2D eigenvalue weighted by Crippen LogP contribution is 2.28. The van der Waals surface area contributed by atoms with Crippen molar-refractivity contribution >= 4 is 21.8 Å². The van der Waals surface area contributed by atoms with E-state index in [1.54, 1.807) is 18.5 Å². The van der Waals surface area contributed by atoms with Gasteiger partial charge in [-0.2, -0.15) is 0 Å². The fraction of sp³-hybridized carbons (Fsp3) is 0.0556. The number of aromatic nitrogens is 2. The number of benzene rings is 3. The maximum absolute atomic E-state index is 12.2. The van der Waals surface area contributed by atoms with Crippen molar-refractivity contribution in [3.63, 3.8) is 0 Å². The summed E-state index contributed by atoms with van der Waals surface area (Å²) < 4.78 is 42.4. The van der Waals surface area contributed by atoms with E-state index in [2.05, 4.69) is 9.72 Å². The number of nitrogens with zero attached hydrogens (tertiary/aromatic N) is 2. The Labute approximate surface area is 134 Å². The van der Waals surface area contributed by atoms with Crippen LogP contribution in [0.15, 0.2) is 67.0 Å². The number of halogens is 3. The van der Waals surface area contributed by atoms with Crippen LogP contribution in [0.4, 0.5) is 13.2 Å². The molecule has 0 amide bonds. The Hall–Kier alpha value is -3.02. The lowest BCUT2D eigenvalue weighted by atomic mass is 10.1. The molecule has 1 aromatic heterocycles. The molecule has 0 saturated carbocycles. The number of rotatable bonds is 2. The van der Waals surface area contributed by atoms with Crippen molar-refractivity contribution in [2.24, 2.45) is 0 Å². The molecule has 0 aliphatic carbocycles. The van der Waals surface area contributed by atoms with Crippen LogP contribution in [0.5, 0.6) is 5.75 Å². The molecule has 6 heteroatoms. The molecule has 3 nitrogen and oxygen atoms in total. The first-order valence-electron chi connectivity index (χ1n) is 7.22. The van der Waals surface area contributed by atoms with Gasteiger partial charge in [-0.15, -0.1) is 13.2 Å². The van der Waals surface area contributed by atoms with Crippen molar-refractivity contribution in [2.75, 3.05) is 0 Å². The fourth-order valence-corrected chi connectivity index (χ4v) is 2.77. The van der Waals surface area contributed by atoms with E-state index in [-0.39, 0.29) is 5.75 Å². The van der Waals surface area contributed by atoms with Gasteiger partial charge in [0, 0.05) is 11.1 Å². The predicted molar refractivity (Wildman–Crippen MR) is 85.3 cm³/mol. The smallest absolute Gasteiger partial charge is 0.406 e. The van der Waals surface area contributed by atoms with Gasteiger partial charge >= 0.3 is 6.36 Å². The summed E-state index contributed by atoms with van der Waals surface area (Å²) in [6, 6.07) is 17.6. The summed E-state index contributed by atoms with van der Waals surface area (Å²) in [4.78, 5) is 4.46. The Morgan fingerprint density at radius 1 is 0.875 bits per heavy atom. The first-order valence-corrected chi connectivity index (χ1v) is 7.22. The molecule has 0 spiro atoms. The standard InChI is InChI=1S/C18H11F3N2O/c19-18(20,21)24-14-8-6-13(7-9-14)23-11-22-17-15-4-2-1-3-12(15)5-10-16(17)23/h1-11H. The lowest BCUT2D eigenvalue weighted by molar-refractivity contribution is -0.274. The Bertz CT molecular complexity index is 1020. The molecule has 0 radical (unpaired) electrons. The summed E-state index contributed by atoms with van der Waals surface area (Å²) in [5.74, 6) is -0.249. The molecule has 0 N–H and O–H groups in total. The van der Waals surface area contributed by atoms with Crippen molar-refractivity contribution in [3.8, 4) is 11.4 Å². The maximum atomic E-state index is 12.2. The van der Waals surface area contributed by atoms with Gasteiger partial charge in [0.05, 0.1) is 11.0 Å². The fourth-order valence-electron chi connectivity index (χ4n) is 2.77. The lowest BCUT2D eigenvalue weighted by Gasteiger charge is -2.10. The van der Waals surface area contributed by atoms with Crippen LogP contribution >= 0.6 is 0 Å². The van der Waals surface area contributed by atoms with Crippen molar-refractivity contribution in [2.45, 2.75) is 6.36 Å². The number of ether oxygens (including phenoxy) is 1. The largest absolute Gasteiger partial charge is 0.573 e. The topological polar surface area (TPSA) is 27.1 Å². The Kier molecular flexibility index (Phi) is 3.19. The second kappa shape index (κ2) is 5.26. The molecule has 24 heavy (non-hydrogen) atoms. The average molecular weight is 328 g/mol. The van der Waals surface area contributed by atoms with Crippen LogP contribution in [0, 0.1) is 0 Å². The number of alkyl halides is 3. The van der Waals surface area contributed by atoms with Gasteiger partial charge in [-0.1, -0.05) is 30.3 Å². The Balaban J connectivity index is 1.78. The molecule has 4 aromatic rings. The zero-order chi connectivity index (χ0) is 16.7. The third kappa shape index (κ3) is 2.56. The second-order valence-corrected chi connectivity index (χ2v) is 5.31. The van der Waals surface area contributed by atoms with Crippen molar-refractivity contribution in [1.29, 1.82) is 0 Å². The van der Waals surface area contributed by atoms with Crippen molar-refractivity contribution < 1.29 is 17.9 Å². The van der Waals surface area contributed by atoms with E-state index in [9.17, 15) is 13.2 Å². The second-order valence-electron chi connectivity index (χ2n) is 5.31. The summed E-state index contributed by atoms with van der Waals surface area (Å²) >= 11 is 0. The van der Waals surface area contributed by atoms with Gasteiger partial charge in [-0.25, -0.2) is 4.98 Å². The van der Waals surface area contributed by atoms with E-state index in [1.807, 2.05) is 41.0 Å². The van der Waals surface area contributed by atoms with Crippen LogP contribution < -0.4 is 4.74 Å². The summed E-state index contributed by atoms with van der Waals surface area (Å²) in [5.41, 5.74) is 2.45. The highest BCUT2D eigenvalue weighted by atomic mass is 19.4. The van der Waals surface area contributed by atoms with Gasteiger partial charge in [-0.05, 0) is 35.7 Å². The first kappa shape index (κ1) is 14.6. The molecular formula is C18H11F3N2O. The van der Waals surface area contributed by atoms with E-state index in [4.69, 9.17) is 0 Å². The zero-order valence-corrected chi connectivity index (χ0v) is 12.3. The van der Waals surface area contributed by atoms with E-state index in [0.29, 0.717) is 5.69 Å². The molecule has 0 aliphatic heterocycles. The third-order valence-electron chi connectivity index (χ3n) is 3.79. The van der Waals surface area contributed by atoms with Crippen LogP contribution in [0.2, 0.25) is 0 Å². The quantitative estimate of drug-likeness (QED) is 0.513. The molecule has 4 rings (SSSR count). The minimum absolute atomic E-state index is 0.249. The lowest BCUT2D eigenvalue weighted by Crippen LogP contribution is -2.17. The molecule has 3 aromatic carbocycles.